The fourth-order valence-electron chi connectivity index (χ4n) is 3.19. The van der Waals surface area contributed by atoms with Gasteiger partial charge in [0.1, 0.15) is 4.90 Å². The van der Waals surface area contributed by atoms with Crippen molar-refractivity contribution in [2.24, 2.45) is 5.10 Å². The predicted molar refractivity (Wildman–Crippen MR) is 142 cm³/mol. The Kier molecular flexibility index (Phi) is 7.80. The smallest absolute Gasteiger partial charge is 0.339 e. The number of hydrogen-bond donors (Lipinski definition) is 1. The maximum absolute atomic E-state index is 12.7. The van der Waals surface area contributed by atoms with Gasteiger partial charge in [-0.05, 0) is 61.9 Å². The summed E-state index contributed by atoms with van der Waals surface area (Å²) in [5.74, 6) is 0.331. The average molecular weight is 539 g/mol. The number of anilines is 1. The van der Waals surface area contributed by atoms with Gasteiger partial charge < -0.3 is 8.92 Å². The molecule has 0 unspecified atom stereocenters. The summed E-state index contributed by atoms with van der Waals surface area (Å²) in [6.45, 7) is 3.96. The van der Waals surface area contributed by atoms with E-state index in [1.165, 1.54) is 47.9 Å². The van der Waals surface area contributed by atoms with E-state index in [1.54, 1.807) is 43.3 Å². The predicted octanol–water partition coefficient (Wildman–Crippen LogP) is 5.64. The lowest BCUT2D eigenvalue weighted by atomic mass is 10.1. The number of aromatic nitrogens is 1. The Bertz CT molecular complexity index is 1530. The van der Waals surface area contributed by atoms with Gasteiger partial charge >= 0.3 is 10.1 Å². The van der Waals surface area contributed by atoms with Gasteiger partial charge in [0.2, 0.25) is 5.13 Å². The first-order chi connectivity index (χ1) is 17.7. The summed E-state index contributed by atoms with van der Waals surface area (Å²) in [5.41, 5.74) is 5.84. The van der Waals surface area contributed by atoms with E-state index in [0.29, 0.717) is 23.0 Å². The highest BCUT2D eigenvalue weighted by Gasteiger charge is 2.19. The van der Waals surface area contributed by atoms with E-state index >= 15 is 0 Å². The second-order valence-electron chi connectivity index (χ2n) is 7.70. The highest BCUT2D eigenvalue weighted by molar-refractivity contribution is 7.87. The van der Waals surface area contributed by atoms with Crippen molar-refractivity contribution in [1.29, 1.82) is 0 Å². The molecule has 10 nitrogen and oxygen atoms in total. The van der Waals surface area contributed by atoms with Gasteiger partial charge in [-0.25, -0.2) is 4.98 Å². The number of ether oxygens (including phenoxy) is 1. The van der Waals surface area contributed by atoms with Crippen LogP contribution in [0.15, 0.2) is 82.1 Å². The summed E-state index contributed by atoms with van der Waals surface area (Å²) in [4.78, 5) is 14.8. The second kappa shape index (κ2) is 11.2. The van der Waals surface area contributed by atoms with E-state index in [-0.39, 0.29) is 22.1 Å². The molecule has 37 heavy (non-hydrogen) atoms. The highest BCUT2D eigenvalue weighted by Crippen LogP contribution is 2.31. The lowest BCUT2D eigenvalue weighted by Gasteiger charge is -2.12. The minimum atomic E-state index is -4.03. The third-order valence-electron chi connectivity index (χ3n) is 5.03. The molecular weight excluding hydrogens is 516 g/mol. The molecule has 0 amide bonds. The number of nitrogens with zero attached hydrogens (tertiary/aromatic N) is 3. The van der Waals surface area contributed by atoms with Crippen molar-refractivity contribution in [3.8, 4) is 22.8 Å². The molecule has 4 rings (SSSR count). The van der Waals surface area contributed by atoms with Crippen LogP contribution >= 0.6 is 11.3 Å². The first kappa shape index (κ1) is 25.8. The number of benzene rings is 3. The topological polar surface area (TPSA) is 133 Å². The van der Waals surface area contributed by atoms with Crippen LogP contribution in [0.1, 0.15) is 18.1 Å². The SMILES string of the molecule is CCOc1cc(/C=N\Nc2nc(-c3ccc([N+](=O)[O-])cc3)cs2)ccc1OS(=O)(=O)c1ccc(C)cc1. The standard InChI is InChI=1S/C25H22N4O6S2/c1-3-34-24-14-18(6-13-23(24)35-37(32,33)21-11-4-17(2)5-12-21)15-26-28-25-27-22(16-36-25)19-7-9-20(10-8-19)29(30)31/h4-16H,3H2,1-2H3,(H,27,28)/b26-15-. The molecule has 0 aliphatic carbocycles. The molecule has 0 aliphatic heterocycles. The van der Waals surface area contributed by atoms with Crippen molar-refractivity contribution in [1.82, 2.24) is 4.98 Å². The second-order valence-corrected chi connectivity index (χ2v) is 10.1. The molecule has 190 valence electrons. The van der Waals surface area contributed by atoms with Crippen LogP contribution in [0.25, 0.3) is 11.3 Å². The number of aryl methyl sites for hydroxylation is 1. The van der Waals surface area contributed by atoms with Crippen LogP contribution in [0.2, 0.25) is 0 Å². The van der Waals surface area contributed by atoms with E-state index in [2.05, 4.69) is 15.5 Å². The number of non-ortho nitro benzene ring substituents is 1. The Morgan fingerprint density at radius 3 is 2.49 bits per heavy atom. The van der Waals surface area contributed by atoms with Gasteiger partial charge in [0.05, 0.1) is 23.4 Å². The van der Waals surface area contributed by atoms with Crippen molar-refractivity contribution >= 4 is 38.5 Å². The third-order valence-corrected chi connectivity index (χ3v) is 7.02. The van der Waals surface area contributed by atoms with Gasteiger partial charge in [-0.1, -0.05) is 17.7 Å². The number of hydrogen-bond acceptors (Lipinski definition) is 10. The molecule has 0 aliphatic rings. The first-order valence-corrected chi connectivity index (χ1v) is 13.3. The van der Waals surface area contributed by atoms with Crippen molar-refractivity contribution in [3.63, 3.8) is 0 Å². The normalized spacial score (nSPS) is 11.4. The average Bonchev–Trinajstić information content (AvgIpc) is 3.35. The largest absolute Gasteiger partial charge is 0.490 e. The summed E-state index contributed by atoms with van der Waals surface area (Å²) >= 11 is 1.33. The molecule has 12 heteroatoms. The molecule has 1 heterocycles. The Balaban J connectivity index is 1.45. The molecule has 1 N–H and O–H groups in total. The van der Waals surface area contributed by atoms with Crippen LogP contribution < -0.4 is 14.3 Å². The van der Waals surface area contributed by atoms with Crippen molar-refractivity contribution in [2.75, 3.05) is 12.0 Å². The number of hydrazone groups is 1. The molecule has 3 aromatic carbocycles. The van der Waals surface area contributed by atoms with E-state index in [0.717, 1.165) is 11.1 Å². The molecule has 0 saturated carbocycles. The molecule has 0 atom stereocenters. The molecule has 0 saturated heterocycles. The van der Waals surface area contributed by atoms with Gasteiger partial charge in [-0.15, -0.1) is 11.3 Å². The lowest BCUT2D eigenvalue weighted by molar-refractivity contribution is -0.384. The van der Waals surface area contributed by atoms with Gasteiger partial charge in [0.25, 0.3) is 5.69 Å². The van der Waals surface area contributed by atoms with Gasteiger partial charge in [-0.3, -0.25) is 15.5 Å². The van der Waals surface area contributed by atoms with Crippen LogP contribution in [0, 0.1) is 17.0 Å². The molecule has 0 spiro atoms. The van der Waals surface area contributed by atoms with E-state index in [4.69, 9.17) is 8.92 Å². The Hall–Kier alpha value is -4.29. The summed E-state index contributed by atoms with van der Waals surface area (Å²) < 4.78 is 36.3. The summed E-state index contributed by atoms with van der Waals surface area (Å²) in [6, 6.07) is 17.3. The molecule has 0 fully saturated rings. The number of thiazole rings is 1. The number of nitro groups is 1. The fraction of sp³-hybridized carbons (Fsp3) is 0.120. The van der Waals surface area contributed by atoms with Crippen LogP contribution in [0.4, 0.5) is 10.8 Å². The zero-order valence-corrected chi connectivity index (χ0v) is 21.5. The monoisotopic (exact) mass is 538 g/mol. The van der Waals surface area contributed by atoms with Crippen molar-refractivity contribution < 1.29 is 22.3 Å². The van der Waals surface area contributed by atoms with Crippen LogP contribution in [-0.2, 0) is 10.1 Å². The minimum Gasteiger partial charge on any atom is -0.490 e. The summed E-state index contributed by atoms with van der Waals surface area (Å²) in [7, 11) is -4.03. The van der Waals surface area contributed by atoms with Crippen LogP contribution in [0.3, 0.4) is 0 Å². The van der Waals surface area contributed by atoms with E-state index in [9.17, 15) is 18.5 Å². The molecule has 4 aromatic rings. The maximum atomic E-state index is 12.7. The van der Waals surface area contributed by atoms with Crippen LogP contribution in [0.5, 0.6) is 11.5 Å². The Labute approximate surface area is 217 Å². The molecular formula is C25H22N4O6S2. The Morgan fingerprint density at radius 2 is 1.81 bits per heavy atom. The van der Waals surface area contributed by atoms with Gasteiger partial charge in [0, 0.05) is 23.1 Å². The molecule has 0 radical (unpaired) electrons. The molecule has 0 bridgehead atoms. The first-order valence-electron chi connectivity index (χ1n) is 11.0. The summed E-state index contributed by atoms with van der Waals surface area (Å²) in [6.07, 6.45) is 1.54. The highest BCUT2D eigenvalue weighted by atomic mass is 32.2. The lowest BCUT2D eigenvalue weighted by Crippen LogP contribution is -2.11. The number of nitro benzene ring substituents is 1. The maximum Gasteiger partial charge on any atom is 0.339 e. The minimum absolute atomic E-state index is 0.0116. The van der Waals surface area contributed by atoms with E-state index < -0.39 is 15.0 Å². The zero-order chi connectivity index (χ0) is 26.4. The number of rotatable bonds is 10. The van der Waals surface area contributed by atoms with Crippen molar-refractivity contribution in [2.45, 2.75) is 18.7 Å². The third kappa shape index (κ3) is 6.48. The van der Waals surface area contributed by atoms with Crippen molar-refractivity contribution in [3.05, 3.63) is 93.4 Å². The number of nitrogens with one attached hydrogen (secondary N) is 1. The fourth-order valence-corrected chi connectivity index (χ4v) is 4.80. The molecule has 1 aromatic heterocycles. The Morgan fingerprint density at radius 1 is 1.08 bits per heavy atom. The van der Waals surface area contributed by atoms with E-state index in [1.807, 2.05) is 12.3 Å². The van der Waals surface area contributed by atoms with Gasteiger partial charge in [-0.2, -0.15) is 13.5 Å². The van der Waals surface area contributed by atoms with Gasteiger partial charge in [0.15, 0.2) is 11.5 Å². The van der Waals surface area contributed by atoms with Crippen LogP contribution in [-0.4, -0.2) is 31.1 Å². The quantitative estimate of drug-likeness (QED) is 0.119. The summed E-state index contributed by atoms with van der Waals surface area (Å²) in [5, 5.41) is 17.3. The zero-order valence-electron chi connectivity index (χ0n) is 19.8.